The van der Waals surface area contributed by atoms with E-state index in [2.05, 4.69) is 5.32 Å². The summed E-state index contributed by atoms with van der Waals surface area (Å²) in [6, 6.07) is 6.57. The maximum absolute atomic E-state index is 12.3. The van der Waals surface area contributed by atoms with Crippen LogP contribution in [-0.2, 0) is 20.9 Å². The summed E-state index contributed by atoms with van der Waals surface area (Å²) >= 11 is 0. The van der Waals surface area contributed by atoms with Crippen LogP contribution in [0.15, 0.2) is 24.3 Å². The van der Waals surface area contributed by atoms with Crippen LogP contribution < -0.4 is 5.32 Å². The highest BCUT2D eigenvalue weighted by atomic mass is 16.5. The van der Waals surface area contributed by atoms with Crippen LogP contribution in [0.3, 0.4) is 0 Å². The molecule has 0 spiro atoms. The van der Waals surface area contributed by atoms with E-state index >= 15 is 0 Å². The molecule has 24 heavy (non-hydrogen) atoms. The monoisotopic (exact) mass is 332 g/mol. The second-order valence-corrected chi connectivity index (χ2v) is 5.88. The zero-order chi connectivity index (χ0) is 16.9. The van der Waals surface area contributed by atoms with E-state index in [1.165, 1.54) is 0 Å². The molecule has 128 valence electrons. The molecular weight excluding hydrogens is 312 g/mol. The van der Waals surface area contributed by atoms with Crippen LogP contribution >= 0.6 is 0 Å². The van der Waals surface area contributed by atoms with Crippen LogP contribution in [0.2, 0.25) is 0 Å². The SMILES string of the molecule is O=C(N[C@H]1CCC1=O)OCc1ccc(C(=O)N2CCOCC2)cc1. The molecule has 1 saturated heterocycles. The molecule has 7 heteroatoms. The van der Waals surface area contributed by atoms with Gasteiger partial charge in [0, 0.05) is 25.1 Å². The van der Waals surface area contributed by atoms with Gasteiger partial charge < -0.3 is 19.7 Å². The second kappa shape index (κ2) is 7.44. The molecule has 1 aliphatic carbocycles. The van der Waals surface area contributed by atoms with Crippen molar-refractivity contribution in [3.8, 4) is 0 Å². The molecule has 1 atom stereocenters. The molecule has 2 fully saturated rings. The number of carbonyl (C=O) groups excluding carboxylic acids is 3. The molecule has 1 aromatic rings. The van der Waals surface area contributed by atoms with Gasteiger partial charge in [-0.2, -0.15) is 0 Å². The van der Waals surface area contributed by atoms with Crippen molar-refractivity contribution in [3.63, 3.8) is 0 Å². The van der Waals surface area contributed by atoms with Crippen LogP contribution in [0, 0.1) is 0 Å². The maximum atomic E-state index is 12.3. The normalized spacial score (nSPS) is 20.2. The highest BCUT2D eigenvalue weighted by Crippen LogP contribution is 2.14. The number of benzene rings is 1. The van der Waals surface area contributed by atoms with E-state index in [1.807, 2.05) is 0 Å². The Morgan fingerprint density at radius 3 is 2.50 bits per heavy atom. The number of morpholine rings is 1. The van der Waals surface area contributed by atoms with Gasteiger partial charge >= 0.3 is 6.09 Å². The number of ketones is 1. The summed E-state index contributed by atoms with van der Waals surface area (Å²) in [7, 11) is 0. The fourth-order valence-electron chi connectivity index (χ4n) is 2.58. The van der Waals surface area contributed by atoms with Crippen molar-refractivity contribution >= 4 is 17.8 Å². The first kappa shape index (κ1) is 16.4. The average Bonchev–Trinajstić information content (AvgIpc) is 2.63. The fourth-order valence-corrected chi connectivity index (χ4v) is 2.58. The minimum Gasteiger partial charge on any atom is -0.445 e. The number of nitrogens with one attached hydrogen (secondary N) is 1. The van der Waals surface area contributed by atoms with Crippen LogP contribution in [0.4, 0.5) is 4.79 Å². The zero-order valence-corrected chi connectivity index (χ0v) is 13.3. The summed E-state index contributed by atoms with van der Waals surface area (Å²) < 4.78 is 10.3. The van der Waals surface area contributed by atoms with E-state index in [-0.39, 0.29) is 18.3 Å². The van der Waals surface area contributed by atoms with Gasteiger partial charge in [-0.3, -0.25) is 9.59 Å². The van der Waals surface area contributed by atoms with E-state index in [4.69, 9.17) is 9.47 Å². The molecule has 0 radical (unpaired) electrons. The lowest BCUT2D eigenvalue weighted by molar-refractivity contribution is -0.126. The van der Waals surface area contributed by atoms with Crippen molar-refractivity contribution in [3.05, 3.63) is 35.4 Å². The number of amides is 2. The molecular formula is C17H20N2O5. The molecule has 0 unspecified atom stereocenters. The van der Waals surface area contributed by atoms with Crippen molar-refractivity contribution in [2.75, 3.05) is 26.3 Å². The van der Waals surface area contributed by atoms with Crippen molar-refractivity contribution in [2.45, 2.75) is 25.5 Å². The Balaban J connectivity index is 1.48. The lowest BCUT2D eigenvalue weighted by Gasteiger charge is -2.26. The number of nitrogens with zero attached hydrogens (tertiary/aromatic N) is 1. The highest BCUT2D eigenvalue weighted by Gasteiger charge is 2.29. The Labute approximate surface area is 139 Å². The van der Waals surface area contributed by atoms with Crippen molar-refractivity contribution in [1.29, 1.82) is 0 Å². The number of hydrogen-bond acceptors (Lipinski definition) is 5. The van der Waals surface area contributed by atoms with Crippen LogP contribution in [0.1, 0.15) is 28.8 Å². The molecule has 0 aromatic heterocycles. The molecule has 1 N–H and O–H groups in total. The molecule has 3 rings (SSSR count). The van der Waals surface area contributed by atoms with Gasteiger partial charge in [-0.1, -0.05) is 12.1 Å². The summed E-state index contributed by atoms with van der Waals surface area (Å²) in [5.41, 5.74) is 1.38. The minimum atomic E-state index is -0.596. The largest absolute Gasteiger partial charge is 0.445 e. The number of hydrogen-bond donors (Lipinski definition) is 1. The van der Waals surface area contributed by atoms with Gasteiger partial charge in [-0.15, -0.1) is 0 Å². The van der Waals surface area contributed by atoms with E-state index in [9.17, 15) is 14.4 Å². The Hall–Kier alpha value is -2.41. The van der Waals surface area contributed by atoms with E-state index in [1.54, 1.807) is 29.2 Å². The molecule has 1 aromatic carbocycles. The van der Waals surface area contributed by atoms with Gasteiger partial charge in [0.1, 0.15) is 6.61 Å². The third kappa shape index (κ3) is 3.91. The standard InChI is InChI=1S/C17H20N2O5/c20-15-6-5-14(15)18-17(22)24-11-12-1-3-13(4-2-12)16(21)19-7-9-23-10-8-19/h1-4,14H,5-11H2,(H,18,22)/t14-/m0/s1. The summed E-state index contributed by atoms with van der Waals surface area (Å²) in [6.45, 7) is 2.43. The minimum absolute atomic E-state index is 0.0213. The summed E-state index contributed by atoms with van der Waals surface area (Å²) in [4.78, 5) is 36.8. The van der Waals surface area contributed by atoms with Gasteiger partial charge in [-0.25, -0.2) is 4.79 Å². The second-order valence-electron chi connectivity index (χ2n) is 5.88. The predicted molar refractivity (Wildman–Crippen MR) is 84.5 cm³/mol. The van der Waals surface area contributed by atoms with Crippen LogP contribution in [0.5, 0.6) is 0 Å². The summed E-state index contributed by atoms with van der Waals surface area (Å²) in [5.74, 6) is 0.0185. The third-order valence-electron chi connectivity index (χ3n) is 4.23. The molecule has 2 aliphatic rings. The number of Topliss-reactive ketones (excluding diaryl/α,β-unsaturated/α-hetero) is 1. The Bertz CT molecular complexity index is 622. The molecule has 7 nitrogen and oxygen atoms in total. The molecule has 2 amide bonds. The molecule has 1 aliphatic heterocycles. The van der Waals surface area contributed by atoms with Gasteiger partial charge in [-0.05, 0) is 24.1 Å². The zero-order valence-electron chi connectivity index (χ0n) is 13.3. The van der Waals surface area contributed by atoms with Crippen molar-refractivity contribution < 1.29 is 23.9 Å². The van der Waals surface area contributed by atoms with Crippen LogP contribution in [0.25, 0.3) is 0 Å². The van der Waals surface area contributed by atoms with Gasteiger partial charge in [0.15, 0.2) is 5.78 Å². The molecule has 1 heterocycles. The lowest BCUT2D eigenvalue weighted by Crippen LogP contribution is -2.47. The van der Waals surface area contributed by atoms with Crippen molar-refractivity contribution in [2.24, 2.45) is 0 Å². The van der Waals surface area contributed by atoms with Crippen molar-refractivity contribution in [1.82, 2.24) is 10.2 Å². The number of rotatable bonds is 4. The summed E-state index contributed by atoms with van der Waals surface area (Å²) in [5, 5.41) is 2.53. The maximum Gasteiger partial charge on any atom is 0.408 e. The quantitative estimate of drug-likeness (QED) is 0.893. The summed E-state index contributed by atoms with van der Waals surface area (Å²) in [6.07, 6.45) is 0.595. The number of ether oxygens (including phenoxy) is 2. The number of carbonyl (C=O) groups is 3. The molecule has 0 bridgehead atoms. The van der Waals surface area contributed by atoms with Gasteiger partial charge in [0.25, 0.3) is 5.91 Å². The smallest absolute Gasteiger partial charge is 0.408 e. The average molecular weight is 332 g/mol. The number of alkyl carbamates (subject to hydrolysis) is 1. The topological polar surface area (TPSA) is 84.9 Å². The molecule has 1 saturated carbocycles. The Morgan fingerprint density at radius 1 is 1.21 bits per heavy atom. The van der Waals surface area contributed by atoms with Crippen LogP contribution in [-0.4, -0.2) is 55.0 Å². The Morgan fingerprint density at radius 2 is 1.92 bits per heavy atom. The Kier molecular flexibility index (Phi) is 5.10. The lowest BCUT2D eigenvalue weighted by atomic mass is 9.91. The highest BCUT2D eigenvalue weighted by molar-refractivity contribution is 5.94. The van der Waals surface area contributed by atoms with Gasteiger partial charge in [0.05, 0.1) is 19.3 Å². The van der Waals surface area contributed by atoms with Gasteiger partial charge in [0.2, 0.25) is 0 Å². The van der Waals surface area contributed by atoms with E-state index < -0.39 is 12.1 Å². The fraction of sp³-hybridized carbons (Fsp3) is 0.471. The first-order valence-electron chi connectivity index (χ1n) is 8.05. The third-order valence-corrected chi connectivity index (χ3v) is 4.23. The van der Waals surface area contributed by atoms with E-state index in [0.29, 0.717) is 44.7 Å². The predicted octanol–water partition coefficient (Wildman–Crippen LogP) is 1.12. The van der Waals surface area contributed by atoms with E-state index in [0.717, 1.165) is 5.56 Å². The first-order valence-corrected chi connectivity index (χ1v) is 8.05. The first-order chi connectivity index (χ1) is 11.6.